The molecule has 0 amide bonds. The summed E-state index contributed by atoms with van der Waals surface area (Å²) in [6.07, 6.45) is 8.51. The molecule has 4 fully saturated rings. The molecule has 21 heavy (non-hydrogen) atoms. The normalized spacial score (nSPS) is 38.2. The Hall–Kier alpha value is -0.380. The van der Waals surface area contributed by atoms with Gasteiger partial charge in [-0.05, 0) is 77.0 Å². The standard InChI is InChI=1S/C17H26BrN3/c1-16(2,3)21-14(10-18)19-20-15(21)17-7-11-4-12(8-17)6-13(5-11)9-17/h11-13H,4-10H2,1-3H3. The van der Waals surface area contributed by atoms with Gasteiger partial charge in [0.1, 0.15) is 11.6 Å². The van der Waals surface area contributed by atoms with Crippen molar-refractivity contribution in [1.29, 1.82) is 0 Å². The zero-order valence-electron chi connectivity index (χ0n) is 13.4. The Bertz CT molecular complexity index is 520. The average molecular weight is 352 g/mol. The lowest BCUT2D eigenvalue weighted by molar-refractivity contribution is -0.0127. The van der Waals surface area contributed by atoms with E-state index in [2.05, 4.69) is 46.4 Å². The van der Waals surface area contributed by atoms with Gasteiger partial charge in [0.2, 0.25) is 0 Å². The largest absolute Gasteiger partial charge is 0.308 e. The zero-order valence-corrected chi connectivity index (χ0v) is 15.0. The van der Waals surface area contributed by atoms with Crippen molar-refractivity contribution in [3.05, 3.63) is 11.6 Å². The summed E-state index contributed by atoms with van der Waals surface area (Å²) >= 11 is 3.60. The second kappa shape index (κ2) is 4.56. The molecule has 116 valence electrons. The highest BCUT2D eigenvalue weighted by Crippen LogP contribution is 2.60. The monoisotopic (exact) mass is 351 g/mol. The second-order valence-electron chi connectivity index (χ2n) is 8.78. The van der Waals surface area contributed by atoms with Gasteiger partial charge in [-0.2, -0.15) is 0 Å². The molecule has 3 nitrogen and oxygen atoms in total. The van der Waals surface area contributed by atoms with E-state index in [-0.39, 0.29) is 5.54 Å². The first kappa shape index (κ1) is 14.2. The van der Waals surface area contributed by atoms with Crippen LogP contribution in [-0.2, 0) is 16.3 Å². The minimum Gasteiger partial charge on any atom is -0.308 e. The van der Waals surface area contributed by atoms with E-state index in [1.807, 2.05) is 0 Å². The Labute approximate surface area is 136 Å². The summed E-state index contributed by atoms with van der Waals surface area (Å²) < 4.78 is 2.44. The maximum Gasteiger partial charge on any atom is 0.144 e. The van der Waals surface area contributed by atoms with Gasteiger partial charge in [-0.15, -0.1) is 10.2 Å². The molecule has 0 unspecified atom stereocenters. The van der Waals surface area contributed by atoms with E-state index in [0.717, 1.165) is 28.9 Å². The van der Waals surface area contributed by atoms with Crippen LogP contribution >= 0.6 is 15.9 Å². The molecule has 0 aromatic carbocycles. The lowest BCUT2D eigenvalue weighted by Crippen LogP contribution is -2.50. The molecule has 1 aromatic heterocycles. The average Bonchev–Trinajstić information content (AvgIpc) is 2.81. The number of aromatic nitrogens is 3. The molecule has 4 heteroatoms. The predicted molar refractivity (Wildman–Crippen MR) is 87.5 cm³/mol. The molecule has 0 radical (unpaired) electrons. The topological polar surface area (TPSA) is 30.7 Å². The van der Waals surface area contributed by atoms with Gasteiger partial charge in [0, 0.05) is 11.0 Å². The maximum atomic E-state index is 4.73. The molecule has 0 N–H and O–H groups in total. The number of nitrogens with zero attached hydrogens (tertiary/aromatic N) is 3. The molecule has 0 atom stereocenters. The molecule has 4 bridgehead atoms. The minimum absolute atomic E-state index is 0.0608. The van der Waals surface area contributed by atoms with Crippen molar-refractivity contribution in [3.63, 3.8) is 0 Å². The number of alkyl halides is 1. The highest BCUT2D eigenvalue weighted by molar-refractivity contribution is 9.08. The molecule has 0 aliphatic heterocycles. The summed E-state index contributed by atoms with van der Waals surface area (Å²) in [5.74, 6) is 5.24. The summed E-state index contributed by atoms with van der Waals surface area (Å²) in [6.45, 7) is 6.85. The molecule has 5 rings (SSSR count). The first-order valence-electron chi connectivity index (χ1n) is 8.42. The van der Waals surface area contributed by atoms with E-state index < -0.39 is 0 Å². The Kier molecular flexibility index (Phi) is 3.09. The van der Waals surface area contributed by atoms with Crippen LogP contribution in [0, 0.1) is 17.8 Å². The Balaban J connectivity index is 1.82. The summed E-state index contributed by atoms with van der Waals surface area (Å²) in [4.78, 5) is 0. The quantitative estimate of drug-likeness (QED) is 0.739. The molecule has 1 heterocycles. The van der Waals surface area contributed by atoms with Crippen molar-refractivity contribution in [1.82, 2.24) is 14.8 Å². The second-order valence-corrected chi connectivity index (χ2v) is 9.34. The smallest absolute Gasteiger partial charge is 0.144 e. The van der Waals surface area contributed by atoms with Gasteiger partial charge in [-0.25, -0.2) is 0 Å². The molecule has 4 aliphatic rings. The highest BCUT2D eigenvalue weighted by atomic mass is 79.9. The summed E-state index contributed by atoms with van der Waals surface area (Å²) in [7, 11) is 0. The molecule has 4 aliphatic carbocycles. The van der Waals surface area contributed by atoms with Crippen molar-refractivity contribution in [3.8, 4) is 0 Å². The fraction of sp³-hybridized carbons (Fsp3) is 0.882. The van der Waals surface area contributed by atoms with E-state index >= 15 is 0 Å². The van der Waals surface area contributed by atoms with Crippen LogP contribution in [0.15, 0.2) is 0 Å². The van der Waals surface area contributed by atoms with Gasteiger partial charge in [-0.1, -0.05) is 15.9 Å². The van der Waals surface area contributed by atoms with Crippen molar-refractivity contribution in [2.24, 2.45) is 17.8 Å². The summed E-state index contributed by atoms with van der Waals surface area (Å²) in [6, 6.07) is 0. The van der Waals surface area contributed by atoms with E-state index in [1.54, 1.807) is 0 Å². The SMILES string of the molecule is CC(C)(C)n1c(CBr)nnc1C12CC3CC(CC(C3)C1)C2. The first-order chi connectivity index (χ1) is 9.91. The van der Waals surface area contributed by atoms with Gasteiger partial charge < -0.3 is 4.57 Å². The van der Waals surface area contributed by atoms with Crippen molar-refractivity contribution in [2.75, 3.05) is 0 Å². The van der Waals surface area contributed by atoms with Crippen molar-refractivity contribution >= 4 is 15.9 Å². The third kappa shape index (κ3) is 2.12. The van der Waals surface area contributed by atoms with Gasteiger partial charge in [0.15, 0.2) is 0 Å². The Morgan fingerprint density at radius 1 is 1.05 bits per heavy atom. The Morgan fingerprint density at radius 2 is 1.57 bits per heavy atom. The minimum atomic E-state index is 0.0608. The van der Waals surface area contributed by atoms with E-state index in [0.29, 0.717) is 5.41 Å². The van der Waals surface area contributed by atoms with Gasteiger partial charge in [0.05, 0.1) is 5.33 Å². The predicted octanol–water partition coefficient (Wildman–Crippen LogP) is 4.40. The van der Waals surface area contributed by atoms with Crippen LogP contribution in [0.1, 0.15) is 70.9 Å². The highest BCUT2D eigenvalue weighted by Gasteiger charge is 2.54. The van der Waals surface area contributed by atoms with E-state index in [1.165, 1.54) is 44.3 Å². The lowest BCUT2D eigenvalue weighted by atomic mass is 9.49. The van der Waals surface area contributed by atoms with Crippen LogP contribution in [0.5, 0.6) is 0 Å². The maximum absolute atomic E-state index is 4.73. The van der Waals surface area contributed by atoms with Crippen LogP contribution < -0.4 is 0 Å². The van der Waals surface area contributed by atoms with Gasteiger partial charge >= 0.3 is 0 Å². The molecule has 1 aromatic rings. The van der Waals surface area contributed by atoms with Crippen molar-refractivity contribution in [2.45, 2.75) is 75.6 Å². The third-order valence-corrected chi connectivity index (χ3v) is 6.53. The molecular weight excluding hydrogens is 326 g/mol. The number of rotatable bonds is 2. The fourth-order valence-electron chi connectivity index (χ4n) is 5.84. The number of hydrogen-bond donors (Lipinski definition) is 0. The number of halogens is 1. The molecular formula is C17H26BrN3. The molecule has 4 saturated carbocycles. The van der Waals surface area contributed by atoms with Crippen LogP contribution in [0.2, 0.25) is 0 Å². The van der Waals surface area contributed by atoms with Crippen LogP contribution in [0.3, 0.4) is 0 Å². The molecule has 0 spiro atoms. The van der Waals surface area contributed by atoms with Crippen molar-refractivity contribution < 1.29 is 0 Å². The summed E-state index contributed by atoms with van der Waals surface area (Å²) in [5, 5.41) is 10.0. The zero-order chi connectivity index (χ0) is 14.8. The van der Waals surface area contributed by atoms with Crippen LogP contribution in [-0.4, -0.2) is 14.8 Å². The van der Waals surface area contributed by atoms with Crippen LogP contribution in [0.25, 0.3) is 0 Å². The van der Waals surface area contributed by atoms with Crippen LogP contribution in [0.4, 0.5) is 0 Å². The first-order valence-corrected chi connectivity index (χ1v) is 9.55. The van der Waals surface area contributed by atoms with Gasteiger partial charge in [-0.3, -0.25) is 0 Å². The Morgan fingerprint density at radius 3 is 2.00 bits per heavy atom. The third-order valence-electron chi connectivity index (χ3n) is 6.03. The fourth-order valence-corrected chi connectivity index (χ4v) is 6.20. The van der Waals surface area contributed by atoms with Gasteiger partial charge in [0.25, 0.3) is 0 Å². The van der Waals surface area contributed by atoms with E-state index in [4.69, 9.17) is 5.10 Å². The summed E-state index contributed by atoms with van der Waals surface area (Å²) in [5.41, 5.74) is 0.390. The van der Waals surface area contributed by atoms with E-state index in [9.17, 15) is 0 Å². The molecule has 0 saturated heterocycles. The number of hydrogen-bond acceptors (Lipinski definition) is 2. The lowest BCUT2D eigenvalue weighted by Gasteiger charge is -2.56.